The van der Waals surface area contributed by atoms with Gasteiger partial charge in [-0.05, 0) is 55.9 Å². The van der Waals surface area contributed by atoms with Gasteiger partial charge < -0.3 is 9.80 Å². The first-order valence-electron chi connectivity index (χ1n) is 16.5. The second kappa shape index (κ2) is 11.8. The van der Waals surface area contributed by atoms with E-state index in [1.54, 1.807) is 4.90 Å². The van der Waals surface area contributed by atoms with Crippen molar-refractivity contribution in [2.24, 2.45) is 17.3 Å². The number of rotatable bonds is 8. The minimum Gasteiger partial charge on any atom is -0.341 e. The summed E-state index contributed by atoms with van der Waals surface area (Å²) in [5.41, 5.74) is -0.0469. The molecule has 0 aromatic heterocycles. The summed E-state index contributed by atoms with van der Waals surface area (Å²) in [7, 11) is 0. The standard InChI is InChI=1S/C34H48F2N4O3/c1-23(2)18-40-32(43)39(22-29(35)36)31(42)34(40)16-26-12-13-27(17-34)38(26)20-25-19-37(21-28(25)24-10-6-4-7-11-24)30(41)33(3)14-8-5-9-15-33/h4,6-7,10-11,23,25-29H,5,8-9,12-22H2,1-3H3/t25-,26?,27?,28-,34?/m1/s1. The van der Waals surface area contributed by atoms with Gasteiger partial charge in [-0.3, -0.25) is 19.4 Å². The minimum absolute atomic E-state index is 0.105. The van der Waals surface area contributed by atoms with Crippen molar-refractivity contribution in [2.75, 3.05) is 32.7 Å². The van der Waals surface area contributed by atoms with Crippen LogP contribution in [0.4, 0.5) is 13.6 Å². The molecule has 4 amide bonds. The van der Waals surface area contributed by atoms with E-state index in [4.69, 9.17) is 0 Å². The Balaban J connectivity index is 1.23. The molecule has 5 fully saturated rings. The Bertz CT molecular complexity index is 1190. The highest BCUT2D eigenvalue weighted by Crippen LogP contribution is 2.49. The van der Waals surface area contributed by atoms with Crippen LogP contribution in [0.2, 0.25) is 0 Å². The van der Waals surface area contributed by atoms with Crippen LogP contribution in [-0.2, 0) is 9.59 Å². The van der Waals surface area contributed by atoms with Gasteiger partial charge in [-0.25, -0.2) is 13.6 Å². The van der Waals surface area contributed by atoms with Crippen LogP contribution < -0.4 is 0 Å². The van der Waals surface area contributed by atoms with Gasteiger partial charge in [0, 0.05) is 49.6 Å². The van der Waals surface area contributed by atoms with Crippen molar-refractivity contribution >= 4 is 17.8 Å². The van der Waals surface area contributed by atoms with Gasteiger partial charge in [-0.2, -0.15) is 0 Å². The average Bonchev–Trinajstić information content (AvgIpc) is 3.55. The normalized spacial score (nSPS) is 32.7. The van der Waals surface area contributed by atoms with Crippen LogP contribution in [0, 0.1) is 17.3 Å². The number of likely N-dealkylation sites (tertiary alicyclic amines) is 1. The van der Waals surface area contributed by atoms with Crippen molar-refractivity contribution in [3.05, 3.63) is 35.9 Å². The van der Waals surface area contributed by atoms with Crippen molar-refractivity contribution in [3.8, 4) is 0 Å². The van der Waals surface area contributed by atoms with Crippen molar-refractivity contribution < 1.29 is 23.2 Å². The summed E-state index contributed by atoms with van der Waals surface area (Å²) in [5.74, 6) is 0.487. The molecule has 4 aliphatic heterocycles. The molecule has 2 bridgehead atoms. The molecule has 4 saturated heterocycles. The lowest BCUT2D eigenvalue weighted by Gasteiger charge is -2.48. The summed E-state index contributed by atoms with van der Waals surface area (Å²) in [5, 5.41) is 0. The molecular formula is C34H48F2N4O3. The molecule has 7 nitrogen and oxygen atoms in total. The van der Waals surface area contributed by atoms with Crippen LogP contribution >= 0.6 is 0 Å². The molecule has 236 valence electrons. The maximum absolute atomic E-state index is 13.9. The van der Waals surface area contributed by atoms with E-state index in [1.807, 2.05) is 19.9 Å². The number of hydrogen-bond donors (Lipinski definition) is 0. The maximum Gasteiger partial charge on any atom is 0.327 e. The van der Waals surface area contributed by atoms with E-state index in [0.29, 0.717) is 25.3 Å². The second-order valence-electron chi connectivity index (χ2n) is 14.7. The molecule has 6 rings (SSSR count). The fourth-order valence-electron chi connectivity index (χ4n) is 9.21. The summed E-state index contributed by atoms with van der Waals surface area (Å²) < 4.78 is 26.9. The number of piperidine rings is 1. The van der Waals surface area contributed by atoms with Gasteiger partial charge >= 0.3 is 6.03 Å². The zero-order chi connectivity index (χ0) is 30.5. The zero-order valence-corrected chi connectivity index (χ0v) is 26.0. The van der Waals surface area contributed by atoms with Gasteiger partial charge in [-0.1, -0.05) is 70.4 Å². The number of imide groups is 1. The highest BCUT2D eigenvalue weighted by atomic mass is 19.3. The van der Waals surface area contributed by atoms with E-state index in [9.17, 15) is 23.2 Å². The van der Waals surface area contributed by atoms with Gasteiger partial charge in [0.2, 0.25) is 5.91 Å². The molecule has 1 saturated carbocycles. The van der Waals surface area contributed by atoms with E-state index in [1.165, 1.54) is 12.0 Å². The number of fused-ring (bicyclic) bond motifs is 2. The molecule has 1 spiro atoms. The maximum atomic E-state index is 13.9. The number of alkyl halides is 2. The quantitative estimate of drug-likeness (QED) is 0.358. The predicted octanol–water partition coefficient (Wildman–Crippen LogP) is 5.75. The van der Waals surface area contributed by atoms with Crippen LogP contribution in [0.15, 0.2) is 30.3 Å². The number of halogens is 2. The molecule has 1 aromatic carbocycles. The second-order valence-corrected chi connectivity index (χ2v) is 14.7. The molecule has 5 aliphatic rings. The summed E-state index contributed by atoms with van der Waals surface area (Å²) >= 11 is 0. The first-order chi connectivity index (χ1) is 20.5. The fraction of sp³-hybridized carbons (Fsp3) is 0.735. The summed E-state index contributed by atoms with van der Waals surface area (Å²) in [6.07, 6.45) is 5.46. The lowest BCUT2D eigenvalue weighted by atomic mass is 9.74. The number of carbonyl (C=O) groups excluding carboxylic acids is 3. The molecule has 1 aliphatic carbocycles. The van der Waals surface area contributed by atoms with Gasteiger partial charge in [0.05, 0.1) is 6.54 Å². The number of urea groups is 1. The molecule has 9 heteroatoms. The Morgan fingerprint density at radius 2 is 1.60 bits per heavy atom. The third-order valence-electron chi connectivity index (χ3n) is 11.3. The molecule has 4 atom stereocenters. The summed E-state index contributed by atoms with van der Waals surface area (Å²) in [6, 6.07) is 10.2. The van der Waals surface area contributed by atoms with Gasteiger partial charge in [0.15, 0.2) is 0 Å². The van der Waals surface area contributed by atoms with Gasteiger partial charge in [-0.15, -0.1) is 0 Å². The lowest BCUT2D eigenvalue weighted by Crippen LogP contribution is -2.61. The fourth-order valence-corrected chi connectivity index (χ4v) is 9.21. The van der Waals surface area contributed by atoms with E-state index >= 15 is 0 Å². The van der Waals surface area contributed by atoms with Crippen LogP contribution in [0.1, 0.15) is 90.0 Å². The van der Waals surface area contributed by atoms with E-state index in [0.717, 1.165) is 63.1 Å². The minimum atomic E-state index is -2.75. The predicted molar refractivity (Wildman–Crippen MR) is 161 cm³/mol. The lowest BCUT2D eigenvalue weighted by molar-refractivity contribution is -0.142. The highest BCUT2D eigenvalue weighted by Gasteiger charge is 2.63. The number of nitrogens with zero attached hydrogens (tertiary/aromatic N) is 4. The average molecular weight is 599 g/mol. The molecular weight excluding hydrogens is 550 g/mol. The smallest absolute Gasteiger partial charge is 0.327 e. The van der Waals surface area contributed by atoms with Crippen molar-refractivity contribution in [1.82, 2.24) is 19.6 Å². The summed E-state index contributed by atoms with van der Waals surface area (Å²) in [6.45, 7) is 7.99. The Labute approximate surface area is 254 Å². The first kappa shape index (κ1) is 30.5. The molecule has 2 unspecified atom stereocenters. The molecule has 43 heavy (non-hydrogen) atoms. The van der Waals surface area contributed by atoms with Crippen molar-refractivity contribution in [2.45, 2.75) is 109 Å². The number of benzene rings is 1. The third kappa shape index (κ3) is 5.48. The first-order valence-corrected chi connectivity index (χ1v) is 16.5. The third-order valence-corrected chi connectivity index (χ3v) is 11.3. The van der Waals surface area contributed by atoms with E-state index in [2.05, 4.69) is 41.0 Å². The molecule has 0 N–H and O–H groups in total. The highest BCUT2D eigenvalue weighted by molar-refractivity contribution is 6.07. The van der Waals surface area contributed by atoms with E-state index < -0.39 is 30.4 Å². The Hall–Kier alpha value is -2.55. The van der Waals surface area contributed by atoms with E-state index in [-0.39, 0.29) is 35.3 Å². The molecule has 1 aromatic rings. The Morgan fingerprint density at radius 3 is 2.21 bits per heavy atom. The monoisotopic (exact) mass is 598 g/mol. The van der Waals surface area contributed by atoms with Gasteiger partial charge in [0.25, 0.3) is 12.3 Å². The van der Waals surface area contributed by atoms with Gasteiger partial charge in [0.1, 0.15) is 5.54 Å². The topological polar surface area (TPSA) is 64.2 Å². The van der Waals surface area contributed by atoms with Crippen LogP contribution in [-0.4, -0.2) is 94.2 Å². The Morgan fingerprint density at radius 1 is 0.953 bits per heavy atom. The number of hydrogen-bond acceptors (Lipinski definition) is 4. The molecule has 0 radical (unpaired) electrons. The summed E-state index contributed by atoms with van der Waals surface area (Å²) in [4.78, 5) is 48.2. The SMILES string of the molecule is CC(C)CN1C(=O)N(CC(F)F)C(=O)C12CC1CCC(C2)N1C[C@H]1CN(C(=O)C2(C)CCCCC2)C[C@@H]1c1ccccc1. The van der Waals surface area contributed by atoms with Crippen molar-refractivity contribution in [1.29, 1.82) is 0 Å². The number of amides is 4. The van der Waals surface area contributed by atoms with Crippen LogP contribution in [0.25, 0.3) is 0 Å². The molecule has 4 heterocycles. The van der Waals surface area contributed by atoms with Crippen LogP contribution in [0.3, 0.4) is 0 Å². The number of carbonyl (C=O) groups is 3. The largest absolute Gasteiger partial charge is 0.341 e. The zero-order valence-electron chi connectivity index (χ0n) is 26.0. The van der Waals surface area contributed by atoms with Crippen molar-refractivity contribution in [3.63, 3.8) is 0 Å². The van der Waals surface area contributed by atoms with Crippen LogP contribution in [0.5, 0.6) is 0 Å². The Kier molecular flexibility index (Phi) is 8.33.